The number of hydrogen-bond donors (Lipinski definition) is 0. The van der Waals surface area contributed by atoms with Crippen molar-refractivity contribution in [3.63, 3.8) is 0 Å². The van der Waals surface area contributed by atoms with Crippen LogP contribution in [0.3, 0.4) is 0 Å². The number of hydrogen-bond acceptors (Lipinski definition) is 8. The number of anilines is 3. The first-order chi connectivity index (χ1) is 23.5. The number of rotatable bonds is 5. The topological polar surface area (TPSA) is 108 Å². The number of aromatic nitrogens is 2. The highest BCUT2D eigenvalue weighted by atomic mass is 19.4. The van der Waals surface area contributed by atoms with E-state index in [0.717, 1.165) is 45.1 Å². The molecule has 1 aromatic carbocycles. The minimum absolute atomic E-state index is 0.0507. The lowest BCUT2D eigenvalue weighted by Gasteiger charge is -2.39. The van der Waals surface area contributed by atoms with Crippen LogP contribution in [-0.2, 0) is 38.3 Å². The summed E-state index contributed by atoms with van der Waals surface area (Å²) in [6.45, 7) is 9.93. The number of halogens is 3. The molecule has 0 N–H and O–H groups in total. The van der Waals surface area contributed by atoms with Gasteiger partial charge in [-0.15, -0.1) is 0 Å². The number of carbonyl (C=O) groups is 3. The van der Waals surface area contributed by atoms with Gasteiger partial charge in [0, 0.05) is 51.5 Å². The van der Waals surface area contributed by atoms with Crippen molar-refractivity contribution in [3.8, 4) is 0 Å². The Hall–Kier alpha value is -4.72. The molecule has 11 nitrogen and oxygen atoms in total. The third kappa shape index (κ3) is 6.60. The molecule has 0 saturated carbocycles. The lowest BCUT2D eigenvalue weighted by Crippen LogP contribution is -2.52. The highest BCUT2D eigenvalue weighted by Gasteiger charge is 2.49. The van der Waals surface area contributed by atoms with Gasteiger partial charge in [-0.25, -0.2) is 9.78 Å². The van der Waals surface area contributed by atoms with Gasteiger partial charge in [0.15, 0.2) is 0 Å². The SMILES string of the molecule is COC[C@@H]1c2ncc(CN3C[C@H]4CC(=O)N(c5cc(C(F)(F)F)cc(C)n5)[C@@H]4C(=O)N(C)c4cccc(C)c43)cc2CN1C(=O)OC(C)(C)C. The van der Waals surface area contributed by atoms with Crippen molar-refractivity contribution < 1.29 is 37.0 Å². The number of alkyl halides is 3. The normalized spacial score (nSPS) is 20.8. The van der Waals surface area contributed by atoms with Crippen LogP contribution in [0.5, 0.6) is 0 Å². The first-order valence-corrected chi connectivity index (χ1v) is 16.4. The fourth-order valence-corrected chi connectivity index (χ4v) is 7.23. The molecule has 0 bridgehead atoms. The van der Waals surface area contributed by atoms with E-state index in [0.29, 0.717) is 12.2 Å². The summed E-state index contributed by atoms with van der Waals surface area (Å²) in [6, 6.07) is 7.85. The second-order valence-electron chi connectivity index (χ2n) is 14.2. The summed E-state index contributed by atoms with van der Waals surface area (Å²) in [5, 5.41) is 0. The average molecular weight is 695 g/mol. The molecular weight excluding hydrogens is 653 g/mol. The number of para-hydroxylation sites is 1. The van der Waals surface area contributed by atoms with Crippen LogP contribution in [0.2, 0.25) is 0 Å². The Morgan fingerprint density at radius 2 is 1.82 bits per heavy atom. The van der Waals surface area contributed by atoms with Gasteiger partial charge in [0.05, 0.1) is 35.8 Å². The molecule has 5 heterocycles. The Kier molecular flexibility index (Phi) is 9.04. The second kappa shape index (κ2) is 12.9. The van der Waals surface area contributed by atoms with E-state index in [2.05, 4.69) is 9.88 Å². The quantitative estimate of drug-likeness (QED) is 0.322. The third-order valence-electron chi connectivity index (χ3n) is 9.29. The molecule has 3 aliphatic heterocycles. The van der Waals surface area contributed by atoms with Gasteiger partial charge >= 0.3 is 12.3 Å². The van der Waals surface area contributed by atoms with Crippen LogP contribution < -0.4 is 14.7 Å². The Labute approximate surface area is 289 Å². The molecular formula is C36H41F3N6O5. The van der Waals surface area contributed by atoms with Crippen molar-refractivity contribution in [2.75, 3.05) is 42.0 Å². The minimum Gasteiger partial charge on any atom is -0.444 e. The number of benzene rings is 1. The summed E-state index contributed by atoms with van der Waals surface area (Å²) in [4.78, 5) is 56.4. The van der Waals surface area contributed by atoms with E-state index in [1.165, 1.54) is 11.8 Å². The highest BCUT2D eigenvalue weighted by Crippen LogP contribution is 2.42. The molecule has 0 unspecified atom stereocenters. The summed E-state index contributed by atoms with van der Waals surface area (Å²) in [7, 11) is 3.18. The van der Waals surface area contributed by atoms with Gasteiger partial charge < -0.3 is 19.3 Å². The molecule has 0 aliphatic carbocycles. The van der Waals surface area contributed by atoms with E-state index in [-0.39, 0.29) is 37.6 Å². The number of amides is 3. The van der Waals surface area contributed by atoms with Crippen LogP contribution in [0.1, 0.15) is 66.9 Å². The van der Waals surface area contributed by atoms with Gasteiger partial charge in [-0.3, -0.25) is 24.4 Å². The van der Waals surface area contributed by atoms with Crippen LogP contribution in [0, 0.1) is 19.8 Å². The van der Waals surface area contributed by atoms with Crippen LogP contribution in [0.4, 0.5) is 35.2 Å². The molecule has 266 valence electrons. The smallest absolute Gasteiger partial charge is 0.416 e. The van der Waals surface area contributed by atoms with E-state index in [4.69, 9.17) is 14.5 Å². The summed E-state index contributed by atoms with van der Waals surface area (Å²) in [5.41, 5.74) is 3.18. The van der Waals surface area contributed by atoms with Gasteiger partial charge in [-0.1, -0.05) is 12.1 Å². The van der Waals surface area contributed by atoms with Crippen molar-refractivity contribution >= 4 is 35.1 Å². The van der Waals surface area contributed by atoms with Crippen molar-refractivity contribution in [2.45, 2.75) is 78.0 Å². The second-order valence-corrected chi connectivity index (χ2v) is 14.2. The minimum atomic E-state index is -4.66. The van der Waals surface area contributed by atoms with E-state index in [1.807, 2.05) is 52.0 Å². The molecule has 3 amide bonds. The Bertz CT molecular complexity index is 1840. The van der Waals surface area contributed by atoms with Gasteiger partial charge in [0.25, 0.3) is 0 Å². The van der Waals surface area contributed by atoms with Crippen molar-refractivity contribution in [3.05, 3.63) is 76.2 Å². The maximum Gasteiger partial charge on any atom is 0.416 e. The summed E-state index contributed by atoms with van der Waals surface area (Å²) >= 11 is 0. The number of carbonyl (C=O) groups excluding carboxylic acids is 3. The predicted octanol–water partition coefficient (Wildman–Crippen LogP) is 5.96. The van der Waals surface area contributed by atoms with Crippen molar-refractivity contribution in [1.82, 2.24) is 14.9 Å². The number of methoxy groups -OCH3 is 1. The number of aryl methyl sites for hydroxylation is 2. The number of ether oxygens (including phenoxy) is 2. The molecule has 0 radical (unpaired) electrons. The molecule has 3 aliphatic rings. The number of likely N-dealkylation sites (N-methyl/N-ethyl adjacent to an activating group) is 1. The summed E-state index contributed by atoms with van der Waals surface area (Å²) in [6.07, 6.45) is -3.42. The molecule has 0 spiro atoms. The largest absolute Gasteiger partial charge is 0.444 e. The van der Waals surface area contributed by atoms with E-state index < -0.39 is 53.2 Å². The number of fused-ring (bicyclic) bond motifs is 3. The molecule has 14 heteroatoms. The summed E-state index contributed by atoms with van der Waals surface area (Å²) < 4.78 is 52.5. The fraction of sp³-hybridized carbons (Fsp3) is 0.472. The predicted molar refractivity (Wildman–Crippen MR) is 180 cm³/mol. The Morgan fingerprint density at radius 3 is 2.50 bits per heavy atom. The monoisotopic (exact) mass is 694 g/mol. The molecule has 3 aromatic rings. The van der Waals surface area contributed by atoms with Gasteiger partial charge in [-0.05, 0) is 75.6 Å². The lowest BCUT2D eigenvalue weighted by molar-refractivity contribution is -0.137. The van der Waals surface area contributed by atoms with Crippen molar-refractivity contribution in [2.24, 2.45) is 5.92 Å². The zero-order chi connectivity index (χ0) is 36.3. The highest BCUT2D eigenvalue weighted by molar-refractivity contribution is 6.10. The Balaban J connectivity index is 1.37. The molecule has 50 heavy (non-hydrogen) atoms. The maximum absolute atomic E-state index is 14.2. The average Bonchev–Trinajstić information content (AvgIpc) is 3.54. The van der Waals surface area contributed by atoms with Crippen LogP contribution in [0.15, 0.2) is 42.6 Å². The first kappa shape index (κ1) is 35.1. The molecule has 1 saturated heterocycles. The third-order valence-corrected chi connectivity index (χ3v) is 9.29. The van der Waals surface area contributed by atoms with Gasteiger partial charge in [-0.2, -0.15) is 13.2 Å². The van der Waals surface area contributed by atoms with Crippen LogP contribution >= 0.6 is 0 Å². The molecule has 1 fully saturated rings. The molecule has 2 aromatic heterocycles. The zero-order valence-corrected chi connectivity index (χ0v) is 29.2. The molecule has 3 atom stereocenters. The van der Waals surface area contributed by atoms with Crippen molar-refractivity contribution in [1.29, 1.82) is 0 Å². The number of nitrogens with zero attached hydrogens (tertiary/aromatic N) is 6. The molecule has 6 rings (SSSR count). The number of pyridine rings is 2. The standard InChI is InChI=1S/C36H41F3N6O5/c1-20-9-8-10-26-31(20)43(16-22-12-23-18-44(34(48)50-35(3,4)5)27(19-49-7)30(23)40-15-22)17-24-13-29(46)45(32(24)33(47)42(26)6)28-14-25(36(37,38)39)11-21(2)41-28/h8-12,14-15,24,27,32H,13,16-19H2,1-7H3/t24-,27-,32+/m1/s1. The van der Waals surface area contributed by atoms with E-state index >= 15 is 0 Å². The van der Waals surface area contributed by atoms with E-state index in [9.17, 15) is 27.6 Å². The Morgan fingerprint density at radius 1 is 1.08 bits per heavy atom. The summed E-state index contributed by atoms with van der Waals surface area (Å²) in [5.74, 6) is -1.63. The zero-order valence-electron chi connectivity index (χ0n) is 29.2. The van der Waals surface area contributed by atoms with Crippen LogP contribution in [-0.4, -0.2) is 71.7 Å². The van der Waals surface area contributed by atoms with Gasteiger partial charge in [0.2, 0.25) is 11.8 Å². The van der Waals surface area contributed by atoms with Gasteiger partial charge in [0.1, 0.15) is 23.5 Å². The first-order valence-electron chi connectivity index (χ1n) is 16.4. The van der Waals surface area contributed by atoms with E-state index in [1.54, 1.807) is 25.3 Å². The maximum atomic E-state index is 14.2. The fourth-order valence-electron chi connectivity index (χ4n) is 7.23. The lowest BCUT2D eigenvalue weighted by atomic mass is 9.94. The van der Waals surface area contributed by atoms with Crippen LogP contribution in [0.25, 0.3) is 0 Å².